The van der Waals surface area contributed by atoms with E-state index >= 15 is 0 Å². The highest BCUT2D eigenvalue weighted by atomic mass is 35.5. The first-order valence-corrected chi connectivity index (χ1v) is 12.7. The second-order valence-corrected chi connectivity index (χ2v) is 10.2. The van der Waals surface area contributed by atoms with Crippen molar-refractivity contribution >= 4 is 28.5 Å². The van der Waals surface area contributed by atoms with Crippen LogP contribution in [0.1, 0.15) is 43.1 Å². The Kier molecular flexibility index (Phi) is 6.07. The van der Waals surface area contributed by atoms with E-state index in [1.54, 1.807) is 12.4 Å². The van der Waals surface area contributed by atoms with Gasteiger partial charge in [0.15, 0.2) is 5.79 Å². The molecule has 36 heavy (non-hydrogen) atoms. The van der Waals surface area contributed by atoms with Gasteiger partial charge in [-0.1, -0.05) is 23.7 Å². The summed E-state index contributed by atoms with van der Waals surface area (Å²) in [6.07, 6.45) is 5.31. The minimum absolute atomic E-state index is 0.0531. The third kappa shape index (κ3) is 4.54. The van der Waals surface area contributed by atoms with Crippen molar-refractivity contribution in [3.8, 4) is 5.75 Å². The molecule has 2 unspecified atom stereocenters. The Hall–Kier alpha value is -3.13. The molecule has 2 atom stereocenters. The fourth-order valence-electron chi connectivity index (χ4n) is 5.22. The monoisotopic (exact) mass is 504 g/mol. The number of hydrogen-bond donors (Lipinski definition) is 1. The van der Waals surface area contributed by atoms with Gasteiger partial charge in [0.2, 0.25) is 5.95 Å². The van der Waals surface area contributed by atoms with Gasteiger partial charge in [0.1, 0.15) is 5.75 Å². The number of fused-ring (bicyclic) bond motifs is 3. The van der Waals surface area contributed by atoms with Crippen molar-refractivity contribution in [2.75, 3.05) is 24.7 Å². The molecular formula is C28H29ClN4O3. The van der Waals surface area contributed by atoms with E-state index in [0.717, 1.165) is 46.9 Å². The number of aromatic nitrogens is 3. The van der Waals surface area contributed by atoms with E-state index in [9.17, 15) is 0 Å². The van der Waals surface area contributed by atoms with Crippen molar-refractivity contribution in [1.82, 2.24) is 15.0 Å². The molecule has 4 aromatic rings. The molecule has 2 aromatic carbocycles. The summed E-state index contributed by atoms with van der Waals surface area (Å²) in [6.45, 7) is 5.86. The lowest BCUT2D eigenvalue weighted by Crippen LogP contribution is -2.37. The van der Waals surface area contributed by atoms with Gasteiger partial charge in [0.25, 0.3) is 0 Å². The van der Waals surface area contributed by atoms with Crippen molar-refractivity contribution in [1.29, 1.82) is 0 Å². The highest BCUT2D eigenvalue weighted by Crippen LogP contribution is 2.40. The summed E-state index contributed by atoms with van der Waals surface area (Å²) in [5.74, 6) is 1.04. The zero-order valence-electron chi connectivity index (χ0n) is 20.4. The number of ether oxygens (including phenoxy) is 3. The highest BCUT2D eigenvalue weighted by Gasteiger charge is 2.34. The molecule has 8 heteroatoms. The van der Waals surface area contributed by atoms with Gasteiger partial charge in [-0.05, 0) is 67.8 Å². The van der Waals surface area contributed by atoms with Crippen LogP contribution in [0.5, 0.6) is 5.75 Å². The molecule has 2 aromatic heterocycles. The molecule has 1 N–H and O–H groups in total. The SMILES string of the molecule is CC1(C)OCC(CCOc2ccc(C3c4[nH]c5ccc(Cl)cc5c4CCN3c3ncccn3)cc2)O1. The van der Waals surface area contributed by atoms with Gasteiger partial charge in [-0.15, -0.1) is 0 Å². The third-order valence-corrected chi connectivity index (χ3v) is 7.10. The molecule has 2 aliphatic rings. The average Bonchev–Trinajstić information content (AvgIpc) is 3.43. The number of anilines is 1. The van der Waals surface area contributed by atoms with E-state index in [4.69, 9.17) is 25.8 Å². The first kappa shape index (κ1) is 23.3. The van der Waals surface area contributed by atoms with Crippen LogP contribution >= 0.6 is 11.6 Å². The van der Waals surface area contributed by atoms with Crippen molar-refractivity contribution < 1.29 is 14.2 Å². The summed E-state index contributed by atoms with van der Waals surface area (Å²) < 4.78 is 17.5. The van der Waals surface area contributed by atoms with E-state index in [-0.39, 0.29) is 12.1 Å². The molecule has 1 fully saturated rings. The first-order chi connectivity index (χ1) is 17.5. The van der Waals surface area contributed by atoms with Crippen molar-refractivity contribution in [3.05, 3.63) is 82.8 Å². The minimum atomic E-state index is -0.506. The molecule has 2 aliphatic heterocycles. The number of benzene rings is 2. The Labute approximate surface area is 215 Å². The largest absolute Gasteiger partial charge is 0.493 e. The van der Waals surface area contributed by atoms with Crippen LogP contribution in [0.4, 0.5) is 5.95 Å². The maximum Gasteiger partial charge on any atom is 0.226 e. The second kappa shape index (κ2) is 9.39. The molecular weight excluding hydrogens is 476 g/mol. The Morgan fingerprint density at radius 1 is 1.14 bits per heavy atom. The van der Waals surface area contributed by atoms with Crippen LogP contribution < -0.4 is 9.64 Å². The van der Waals surface area contributed by atoms with Crippen molar-refractivity contribution in [2.24, 2.45) is 0 Å². The van der Waals surface area contributed by atoms with Gasteiger partial charge < -0.3 is 24.1 Å². The summed E-state index contributed by atoms with van der Waals surface area (Å²) in [4.78, 5) is 15.0. The van der Waals surface area contributed by atoms with E-state index < -0.39 is 5.79 Å². The lowest BCUT2D eigenvalue weighted by Gasteiger charge is -2.36. The van der Waals surface area contributed by atoms with Crippen LogP contribution in [0.2, 0.25) is 5.02 Å². The average molecular weight is 505 g/mol. The lowest BCUT2D eigenvalue weighted by molar-refractivity contribution is -0.139. The maximum atomic E-state index is 6.34. The van der Waals surface area contributed by atoms with Gasteiger partial charge >= 0.3 is 0 Å². The number of aromatic amines is 1. The standard InChI is InChI=1S/C28H29ClN4O3/c1-28(2)35-17-21(36-28)11-15-34-20-7-4-18(5-8-20)26-25-22(23-16-19(29)6-9-24(23)32-25)10-14-33(26)27-30-12-3-13-31-27/h3-9,12-13,16,21,26,32H,10-11,14-15,17H2,1-2H3. The molecule has 6 rings (SSSR count). The minimum Gasteiger partial charge on any atom is -0.493 e. The molecule has 0 saturated carbocycles. The summed E-state index contributed by atoms with van der Waals surface area (Å²) in [7, 11) is 0. The number of rotatable bonds is 6. The van der Waals surface area contributed by atoms with E-state index in [0.29, 0.717) is 19.2 Å². The zero-order valence-corrected chi connectivity index (χ0v) is 21.2. The predicted octanol–water partition coefficient (Wildman–Crippen LogP) is 5.68. The molecule has 186 valence electrons. The van der Waals surface area contributed by atoms with Crippen LogP contribution in [0.25, 0.3) is 10.9 Å². The zero-order chi connectivity index (χ0) is 24.7. The van der Waals surface area contributed by atoms with Gasteiger partial charge in [-0.3, -0.25) is 0 Å². The summed E-state index contributed by atoms with van der Waals surface area (Å²) in [6, 6.07) is 16.1. The Bertz CT molecular complexity index is 1360. The Morgan fingerprint density at radius 2 is 1.94 bits per heavy atom. The fourth-order valence-corrected chi connectivity index (χ4v) is 5.39. The van der Waals surface area contributed by atoms with Crippen LogP contribution in [0.15, 0.2) is 60.9 Å². The quantitative estimate of drug-likeness (QED) is 0.364. The Balaban J connectivity index is 1.27. The highest BCUT2D eigenvalue weighted by molar-refractivity contribution is 6.31. The number of nitrogens with zero attached hydrogens (tertiary/aromatic N) is 3. The van der Waals surface area contributed by atoms with Crippen LogP contribution in [-0.2, 0) is 15.9 Å². The number of nitrogens with one attached hydrogen (secondary N) is 1. The second-order valence-electron chi connectivity index (χ2n) is 9.76. The van der Waals surface area contributed by atoms with Crippen LogP contribution in [-0.4, -0.2) is 46.6 Å². The number of hydrogen-bond acceptors (Lipinski definition) is 6. The van der Waals surface area contributed by atoms with E-state index in [2.05, 4.69) is 38.1 Å². The Morgan fingerprint density at radius 3 is 2.69 bits per heavy atom. The molecule has 0 radical (unpaired) electrons. The maximum absolute atomic E-state index is 6.34. The lowest BCUT2D eigenvalue weighted by atomic mass is 9.92. The molecule has 0 bridgehead atoms. The molecule has 7 nitrogen and oxygen atoms in total. The number of halogens is 1. The van der Waals surface area contributed by atoms with Gasteiger partial charge in [0, 0.05) is 47.0 Å². The van der Waals surface area contributed by atoms with Crippen molar-refractivity contribution in [3.63, 3.8) is 0 Å². The predicted molar refractivity (Wildman–Crippen MR) is 140 cm³/mol. The smallest absolute Gasteiger partial charge is 0.226 e. The molecule has 0 aliphatic carbocycles. The summed E-state index contributed by atoms with van der Waals surface area (Å²) >= 11 is 6.34. The molecule has 0 amide bonds. The van der Waals surface area contributed by atoms with Gasteiger partial charge in [-0.2, -0.15) is 0 Å². The van der Waals surface area contributed by atoms with Crippen LogP contribution in [0, 0.1) is 0 Å². The molecule has 4 heterocycles. The summed E-state index contributed by atoms with van der Waals surface area (Å²) in [5.41, 5.74) is 4.68. The van der Waals surface area contributed by atoms with E-state index in [1.807, 2.05) is 44.2 Å². The van der Waals surface area contributed by atoms with E-state index in [1.165, 1.54) is 10.9 Å². The number of H-pyrrole nitrogens is 1. The first-order valence-electron chi connectivity index (χ1n) is 12.3. The van der Waals surface area contributed by atoms with Gasteiger partial charge in [0.05, 0.1) is 25.4 Å². The van der Waals surface area contributed by atoms with Gasteiger partial charge in [-0.25, -0.2) is 9.97 Å². The third-order valence-electron chi connectivity index (χ3n) is 6.87. The normalized spacial score (nSPS) is 21.0. The summed E-state index contributed by atoms with van der Waals surface area (Å²) in [5, 5.41) is 1.92. The fraction of sp³-hybridized carbons (Fsp3) is 0.357. The topological polar surface area (TPSA) is 72.5 Å². The molecule has 1 saturated heterocycles. The van der Waals surface area contributed by atoms with Crippen molar-refractivity contribution in [2.45, 2.75) is 44.6 Å². The van der Waals surface area contributed by atoms with Crippen LogP contribution in [0.3, 0.4) is 0 Å². The molecule has 0 spiro atoms.